The number of esters is 4. The van der Waals surface area contributed by atoms with Gasteiger partial charge in [-0.15, -0.1) is 0 Å². The van der Waals surface area contributed by atoms with Crippen molar-refractivity contribution in [2.24, 2.45) is 0 Å². The Morgan fingerprint density at radius 1 is 0.864 bits per heavy atom. The van der Waals surface area contributed by atoms with E-state index in [4.69, 9.17) is 38.8 Å². The van der Waals surface area contributed by atoms with Gasteiger partial charge in [-0.05, 0) is 51.1 Å². The number of amides is 1. The number of carbonyl (C=O) groups excluding carboxylic acids is 5. The van der Waals surface area contributed by atoms with E-state index in [2.05, 4.69) is 10.2 Å². The smallest absolute Gasteiger partial charge is 0.407 e. The molecule has 0 unspecified atom stereocenters. The zero-order valence-corrected chi connectivity index (χ0v) is 24.5. The molecule has 0 aromatic heterocycles. The Kier molecular flexibility index (Phi) is 14.0. The zero-order chi connectivity index (χ0) is 32.7. The Labute approximate surface area is 252 Å². The van der Waals surface area contributed by atoms with Gasteiger partial charge in [-0.2, -0.15) is 0 Å². The number of alkyl carbamates (subject to hydrolysis) is 1. The maximum Gasteiger partial charge on any atom is 0.407 e. The van der Waals surface area contributed by atoms with Crippen molar-refractivity contribution in [2.45, 2.75) is 46.1 Å². The fraction of sp³-hybridized carbons (Fsp3) is 0.393. The number of carbonyl (C=O) groups is 5. The number of ether oxygens (including phenoxy) is 6. The van der Waals surface area contributed by atoms with Gasteiger partial charge in [-0.1, -0.05) is 12.1 Å². The van der Waals surface area contributed by atoms with Gasteiger partial charge in [0.25, 0.3) is 0 Å². The highest BCUT2D eigenvalue weighted by Crippen LogP contribution is 2.29. The van der Waals surface area contributed by atoms with Crippen molar-refractivity contribution in [3.8, 4) is 17.2 Å². The molecule has 0 saturated carbocycles. The van der Waals surface area contributed by atoms with Crippen molar-refractivity contribution in [1.82, 2.24) is 10.7 Å². The van der Waals surface area contributed by atoms with Gasteiger partial charge in [-0.3, -0.25) is 24.8 Å². The van der Waals surface area contributed by atoms with Crippen molar-refractivity contribution in [3.05, 3.63) is 53.6 Å². The van der Waals surface area contributed by atoms with Gasteiger partial charge < -0.3 is 33.7 Å². The minimum atomic E-state index is -0.944. The Balaban J connectivity index is 2.04. The first-order valence-electron chi connectivity index (χ1n) is 13.1. The molecule has 0 aliphatic rings. The number of benzene rings is 2. The molecule has 0 spiro atoms. The Morgan fingerprint density at radius 2 is 1.57 bits per heavy atom. The van der Waals surface area contributed by atoms with Crippen molar-refractivity contribution in [3.63, 3.8) is 0 Å². The number of nitrogens with zero attached hydrogens (tertiary/aromatic N) is 1. The number of hydrogen-bond donors (Lipinski definition) is 3. The van der Waals surface area contributed by atoms with E-state index in [1.54, 1.807) is 26.8 Å². The van der Waals surface area contributed by atoms with Gasteiger partial charge >= 0.3 is 30.0 Å². The van der Waals surface area contributed by atoms with Crippen LogP contribution in [0, 0.1) is 0 Å². The number of rotatable bonds is 15. The average molecular weight is 623 g/mol. The third kappa shape index (κ3) is 13.5. The molecule has 0 radical (unpaired) electrons. The van der Waals surface area contributed by atoms with Crippen molar-refractivity contribution in [2.75, 3.05) is 26.6 Å². The van der Waals surface area contributed by atoms with E-state index in [9.17, 15) is 24.0 Å². The molecule has 2 aromatic carbocycles. The van der Waals surface area contributed by atoms with E-state index in [1.165, 1.54) is 37.3 Å². The summed E-state index contributed by atoms with van der Waals surface area (Å²) >= 11 is 0. The lowest BCUT2D eigenvalue weighted by Crippen LogP contribution is -2.34. The van der Waals surface area contributed by atoms with E-state index in [1.807, 2.05) is 0 Å². The van der Waals surface area contributed by atoms with Crippen LogP contribution in [0.3, 0.4) is 0 Å². The van der Waals surface area contributed by atoms with Gasteiger partial charge in [0.1, 0.15) is 16.9 Å². The van der Waals surface area contributed by atoms with Gasteiger partial charge in [0, 0.05) is 19.9 Å². The van der Waals surface area contributed by atoms with Gasteiger partial charge in [0.2, 0.25) is 6.79 Å². The van der Waals surface area contributed by atoms with Crippen LogP contribution in [0.1, 0.15) is 61.3 Å². The summed E-state index contributed by atoms with van der Waals surface area (Å²) < 4.78 is 31.0. The zero-order valence-electron chi connectivity index (χ0n) is 24.5. The minimum absolute atomic E-state index is 0.00679. The van der Waals surface area contributed by atoms with Crippen LogP contribution in [-0.2, 0) is 28.6 Å². The maximum absolute atomic E-state index is 12.7. The quantitative estimate of drug-likeness (QED) is 0.0857. The molecule has 240 valence electrons. The molecular weight excluding hydrogens is 588 g/mol. The standard InChI is InChI=1S/C28H34N2O14/c1-18(31)42-21-9-6-5-8-20(21)26(34)40-17-39-25(33)19-10-11-22(38-14-7-15-41-30(36)37)23(16-19)43-24(32)12-13-29-27(35)44-28(2,3)4/h5-6,8-11,16,36-37H,7,12-15,17H2,1-4H3,(H,29,35). The molecule has 2 aromatic rings. The number of para-hydroxylation sites is 1. The molecule has 0 fully saturated rings. The fourth-order valence-electron chi connectivity index (χ4n) is 3.15. The van der Waals surface area contributed by atoms with Crippen LogP contribution < -0.4 is 19.5 Å². The fourth-order valence-corrected chi connectivity index (χ4v) is 3.15. The summed E-state index contributed by atoms with van der Waals surface area (Å²) in [6.45, 7) is 5.21. The summed E-state index contributed by atoms with van der Waals surface area (Å²) in [5.74, 6) is -3.43. The molecule has 44 heavy (non-hydrogen) atoms. The third-order valence-electron chi connectivity index (χ3n) is 4.89. The molecular formula is C28H34N2O14. The summed E-state index contributed by atoms with van der Waals surface area (Å²) in [6, 6.07) is 9.62. The largest absolute Gasteiger partial charge is 0.490 e. The second kappa shape index (κ2) is 17.4. The number of nitrogens with one attached hydrogen (secondary N) is 1. The van der Waals surface area contributed by atoms with E-state index in [0.29, 0.717) is 0 Å². The maximum atomic E-state index is 12.7. The average Bonchev–Trinajstić information content (AvgIpc) is 2.92. The van der Waals surface area contributed by atoms with E-state index in [-0.39, 0.29) is 61.0 Å². The SMILES string of the molecule is CC(=O)Oc1ccccc1C(=O)OCOC(=O)c1ccc(OCCCON(O)O)c(OC(=O)CCNC(=O)OC(C)(C)C)c1. The summed E-state index contributed by atoms with van der Waals surface area (Å²) in [7, 11) is 0. The van der Waals surface area contributed by atoms with E-state index in [0.717, 1.165) is 6.07 Å². The van der Waals surface area contributed by atoms with Crippen molar-refractivity contribution in [1.29, 1.82) is 0 Å². The lowest BCUT2D eigenvalue weighted by Gasteiger charge is -2.19. The van der Waals surface area contributed by atoms with Crippen LogP contribution in [0.15, 0.2) is 42.5 Å². The van der Waals surface area contributed by atoms with Crippen LogP contribution >= 0.6 is 0 Å². The van der Waals surface area contributed by atoms with Crippen LogP contribution in [0.5, 0.6) is 17.2 Å². The lowest BCUT2D eigenvalue weighted by molar-refractivity contribution is -0.492. The predicted molar refractivity (Wildman–Crippen MR) is 146 cm³/mol. The Hall–Kier alpha value is -4.77. The molecule has 0 bridgehead atoms. The molecule has 0 heterocycles. The molecule has 1 amide bonds. The molecule has 0 aliphatic heterocycles. The van der Waals surface area contributed by atoms with Crippen LogP contribution in [0.2, 0.25) is 0 Å². The Morgan fingerprint density at radius 3 is 2.25 bits per heavy atom. The molecule has 16 heteroatoms. The molecule has 0 saturated heterocycles. The summed E-state index contributed by atoms with van der Waals surface area (Å²) in [6.07, 6.45) is -0.781. The molecule has 2 rings (SSSR count). The molecule has 0 atom stereocenters. The second-order valence-electron chi connectivity index (χ2n) is 9.67. The van der Waals surface area contributed by atoms with Crippen LogP contribution in [0.4, 0.5) is 4.79 Å². The number of hydrogen-bond acceptors (Lipinski definition) is 15. The summed E-state index contributed by atoms with van der Waals surface area (Å²) in [4.78, 5) is 65.1. The monoisotopic (exact) mass is 622 g/mol. The first kappa shape index (κ1) is 35.4. The molecule has 0 aliphatic carbocycles. The molecule has 3 N–H and O–H groups in total. The highest BCUT2D eigenvalue weighted by molar-refractivity contribution is 5.94. The van der Waals surface area contributed by atoms with Crippen LogP contribution in [-0.4, -0.2) is 77.9 Å². The predicted octanol–water partition coefficient (Wildman–Crippen LogP) is 3.18. The van der Waals surface area contributed by atoms with E-state index < -0.39 is 47.8 Å². The van der Waals surface area contributed by atoms with Gasteiger partial charge in [-0.25, -0.2) is 14.4 Å². The third-order valence-corrected chi connectivity index (χ3v) is 4.89. The highest BCUT2D eigenvalue weighted by Gasteiger charge is 2.20. The normalized spacial score (nSPS) is 10.9. The van der Waals surface area contributed by atoms with Crippen LogP contribution in [0.25, 0.3) is 0 Å². The topological polar surface area (TPSA) is 206 Å². The first-order valence-corrected chi connectivity index (χ1v) is 13.1. The Bertz CT molecular complexity index is 1310. The van der Waals surface area contributed by atoms with Crippen molar-refractivity contribution < 1.29 is 67.6 Å². The first-order chi connectivity index (χ1) is 20.7. The van der Waals surface area contributed by atoms with Crippen molar-refractivity contribution >= 4 is 30.0 Å². The molecule has 16 nitrogen and oxygen atoms in total. The summed E-state index contributed by atoms with van der Waals surface area (Å²) in [5.41, 5.74) is -0.884. The minimum Gasteiger partial charge on any atom is -0.490 e. The summed E-state index contributed by atoms with van der Waals surface area (Å²) in [5, 5.41) is 19.2. The van der Waals surface area contributed by atoms with E-state index >= 15 is 0 Å². The lowest BCUT2D eigenvalue weighted by atomic mass is 10.2. The second-order valence-corrected chi connectivity index (χ2v) is 9.67. The highest BCUT2D eigenvalue weighted by atomic mass is 17.1. The van der Waals surface area contributed by atoms with Gasteiger partial charge in [0.15, 0.2) is 11.5 Å². The van der Waals surface area contributed by atoms with Gasteiger partial charge in [0.05, 0.1) is 30.6 Å².